The summed E-state index contributed by atoms with van der Waals surface area (Å²) < 4.78 is 26.9. The third-order valence-corrected chi connectivity index (χ3v) is 4.25. The predicted octanol–water partition coefficient (Wildman–Crippen LogP) is 4.57. The molecule has 2 aromatic carbocycles. The lowest BCUT2D eigenvalue weighted by molar-refractivity contribution is -0.118. The first-order valence-corrected chi connectivity index (χ1v) is 8.28. The van der Waals surface area contributed by atoms with Gasteiger partial charge < -0.3 is 5.32 Å². The minimum absolute atomic E-state index is 0.204. The Morgan fingerprint density at radius 1 is 1.00 bits per heavy atom. The molecule has 2 aromatic rings. The summed E-state index contributed by atoms with van der Waals surface area (Å²) in [6.45, 7) is 9.36. The van der Waals surface area contributed by atoms with E-state index >= 15 is 0 Å². The van der Waals surface area contributed by atoms with E-state index in [0.29, 0.717) is 5.56 Å². The van der Waals surface area contributed by atoms with Crippen LogP contribution in [0.1, 0.15) is 42.1 Å². The first-order chi connectivity index (χ1) is 11.7. The molecule has 3 nitrogen and oxygen atoms in total. The number of amides is 1. The molecule has 2 atom stereocenters. The van der Waals surface area contributed by atoms with Crippen LogP contribution in [0.25, 0.3) is 0 Å². The molecule has 0 aromatic heterocycles. The molecule has 0 fully saturated rings. The minimum atomic E-state index is -0.627. The van der Waals surface area contributed by atoms with E-state index in [2.05, 4.69) is 10.6 Å². The number of hydrogen-bond donors (Lipinski definition) is 2. The molecule has 1 amide bonds. The number of hydrogen-bond acceptors (Lipinski definition) is 2. The SMILES string of the molecule is Cc1cc(C)c(NC(=O)[C@@H](C)N[C@@H](C)c2ccc(F)cc2F)c(C)c1. The van der Waals surface area contributed by atoms with Crippen molar-refractivity contribution in [2.75, 3.05) is 5.32 Å². The van der Waals surface area contributed by atoms with E-state index in [0.717, 1.165) is 28.4 Å². The van der Waals surface area contributed by atoms with Crippen LogP contribution in [0.3, 0.4) is 0 Å². The molecular formula is C20H24F2N2O. The van der Waals surface area contributed by atoms with Gasteiger partial charge in [0.15, 0.2) is 0 Å². The highest BCUT2D eigenvalue weighted by molar-refractivity contribution is 5.96. The van der Waals surface area contributed by atoms with E-state index in [1.165, 1.54) is 12.1 Å². The summed E-state index contributed by atoms with van der Waals surface area (Å²) in [6.07, 6.45) is 0. The van der Waals surface area contributed by atoms with Gasteiger partial charge in [-0.2, -0.15) is 0 Å². The molecule has 0 unspecified atom stereocenters. The van der Waals surface area contributed by atoms with E-state index in [1.807, 2.05) is 32.9 Å². The zero-order chi connectivity index (χ0) is 18.7. The van der Waals surface area contributed by atoms with Crippen LogP contribution in [-0.4, -0.2) is 11.9 Å². The van der Waals surface area contributed by atoms with Crippen LogP contribution < -0.4 is 10.6 Å². The molecule has 25 heavy (non-hydrogen) atoms. The van der Waals surface area contributed by atoms with Crippen LogP contribution in [0.4, 0.5) is 14.5 Å². The topological polar surface area (TPSA) is 41.1 Å². The third-order valence-electron chi connectivity index (χ3n) is 4.25. The van der Waals surface area contributed by atoms with Gasteiger partial charge in [0, 0.05) is 23.4 Å². The molecule has 5 heteroatoms. The Morgan fingerprint density at radius 2 is 1.60 bits per heavy atom. The van der Waals surface area contributed by atoms with Gasteiger partial charge in [-0.05, 0) is 51.8 Å². The van der Waals surface area contributed by atoms with Gasteiger partial charge in [0.1, 0.15) is 11.6 Å². The Morgan fingerprint density at radius 3 is 2.16 bits per heavy atom. The van der Waals surface area contributed by atoms with Crippen molar-refractivity contribution >= 4 is 11.6 Å². The summed E-state index contributed by atoms with van der Waals surface area (Å²) in [6, 6.07) is 6.49. The maximum absolute atomic E-state index is 13.9. The maximum atomic E-state index is 13.9. The molecule has 0 bridgehead atoms. The molecule has 0 saturated heterocycles. The molecule has 0 saturated carbocycles. The average Bonchev–Trinajstić information content (AvgIpc) is 2.50. The van der Waals surface area contributed by atoms with E-state index in [9.17, 15) is 13.6 Å². The van der Waals surface area contributed by atoms with Gasteiger partial charge in [-0.25, -0.2) is 8.78 Å². The van der Waals surface area contributed by atoms with Gasteiger partial charge in [-0.3, -0.25) is 10.1 Å². The number of carbonyl (C=O) groups is 1. The van der Waals surface area contributed by atoms with E-state index in [1.54, 1.807) is 13.8 Å². The Labute approximate surface area is 147 Å². The molecule has 0 aliphatic rings. The van der Waals surface area contributed by atoms with Gasteiger partial charge in [-0.1, -0.05) is 23.8 Å². The normalized spacial score (nSPS) is 13.4. The predicted molar refractivity (Wildman–Crippen MR) is 96.7 cm³/mol. The molecule has 0 spiro atoms. The zero-order valence-electron chi connectivity index (χ0n) is 15.2. The second-order valence-corrected chi connectivity index (χ2v) is 6.54. The lowest BCUT2D eigenvalue weighted by Gasteiger charge is -2.21. The van der Waals surface area contributed by atoms with Crippen LogP contribution in [0, 0.1) is 32.4 Å². The lowest BCUT2D eigenvalue weighted by Crippen LogP contribution is -2.39. The van der Waals surface area contributed by atoms with E-state index in [-0.39, 0.29) is 5.91 Å². The van der Waals surface area contributed by atoms with E-state index in [4.69, 9.17) is 0 Å². The largest absolute Gasteiger partial charge is 0.324 e. The van der Waals surface area contributed by atoms with Crippen molar-refractivity contribution < 1.29 is 13.6 Å². The zero-order valence-corrected chi connectivity index (χ0v) is 15.2. The molecule has 0 radical (unpaired) electrons. The van der Waals surface area contributed by atoms with Gasteiger partial charge in [-0.15, -0.1) is 0 Å². The van der Waals surface area contributed by atoms with Crippen molar-refractivity contribution in [3.8, 4) is 0 Å². The van der Waals surface area contributed by atoms with Crippen molar-refractivity contribution in [3.05, 3.63) is 64.2 Å². The summed E-state index contributed by atoms with van der Waals surface area (Å²) in [4.78, 5) is 12.5. The highest BCUT2D eigenvalue weighted by atomic mass is 19.1. The first kappa shape index (κ1) is 19.1. The molecular weight excluding hydrogens is 322 g/mol. The molecule has 2 rings (SSSR count). The number of halogens is 2. The van der Waals surface area contributed by atoms with Gasteiger partial charge >= 0.3 is 0 Å². The number of nitrogens with one attached hydrogen (secondary N) is 2. The fourth-order valence-corrected chi connectivity index (χ4v) is 3.00. The fourth-order valence-electron chi connectivity index (χ4n) is 3.00. The van der Waals surface area contributed by atoms with Crippen LogP contribution >= 0.6 is 0 Å². The van der Waals surface area contributed by atoms with Gasteiger partial charge in [0.2, 0.25) is 5.91 Å². The Hall–Kier alpha value is -2.27. The monoisotopic (exact) mass is 346 g/mol. The standard InChI is InChI=1S/C20H24F2N2O/c1-11-8-12(2)19(13(3)9-11)24-20(25)15(5)23-14(4)17-7-6-16(21)10-18(17)22/h6-10,14-15,23H,1-5H3,(H,24,25)/t14-,15+/m0/s1. The fraction of sp³-hybridized carbons (Fsp3) is 0.350. The quantitative estimate of drug-likeness (QED) is 0.833. The number of carbonyl (C=O) groups excluding carboxylic acids is 1. The number of aryl methyl sites for hydroxylation is 3. The highest BCUT2D eigenvalue weighted by Gasteiger charge is 2.19. The highest BCUT2D eigenvalue weighted by Crippen LogP contribution is 2.23. The van der Waals surface area contributed by atoms with Crippen molar-refractivity contribution in [2.24, 2.45) is 0 Å². The Kier molecular flexibility index (Phi) is 5.90. The number of rotatable bonds is 5. The first-order valence-electron chi connectivity index (χ1n) is 8.28. The summed E-state index contributed by atoms with van der Waals surface area (Å²) >= 11 is 0. The second-order valence-electron chi connectivity index (χ2n) is 6.54. The van der Waals surface area contributed by atoms with Crippen LogP contribution in [-0.2, 0) is 4.79 Å². The molecule has 0 aliphatic carbocycles. The average molecular weight is 346 g/mol. The minimum Gasteiger partial charge on any atom is -0.324 e. The number of anilines is 1. The molecule has 2 N–H and O–H groups in total. The van der Waals surface area contributed by atoms with Crippen LogP contribution in [0.2, 0.25) is 0 Å². The van der Waals surface area contributed by atoms with Crippen molar-refractivity contribution in [3.63, 3.8) is 0 Å². The maximum Gasteiger partial charge on any atom is 0.241 e. The van der Waals surface area contributed by atoms with Gasteiger partial charge in [0.05, 0.1) is 6.04 Å². The Bertz CT molecular complexity index is 766. The van der Waals surface area contributed by atoms with Crippen LogP contribution in [0.5, 0.6) is 0 Å². The lowest BCUT2D eigenvalue weighted by atomic mass is 10.0. The third kappa shape index (κ3) is 4.63. The van der Waals surface area contributed by atoms with Crippen molar-refractivity contribution in [1.29, 1.82) is 0 Å². The second kappa shape index (κ2) is 7.74. The van der Waals surface area contributed by atoms with Gasteiger partial charge in [0.25, 0.3) is 0 Å². The molecule has 0 aliphatic heterocycles. The summed E-state index contributed by atoms with van der Waals surface area (Å²) in [5, 5.41) is 5.98. The van der Waals surface area contributed by atoms with Crippen molar-refractivity contribution in [1.82, 2.24) is 5.32 Å². The smallest absolute Gasteiger partial charge is 0.241 e. The summed E-state index contributed by atoms with van der Waals surface area (Å²) in [5.74, 6) is -1.45. The summed E-state index contributed by atoms with van der Waals surface area (Å²) in [5.41, 5.74) is 4.25. The molecule has 0 heterocycles. The summed E-state index contributed by atoms with van der Waals surface area (Å²) in [7, 11) is 0. The Balaban J connectivity index is 2.08. The molecule has 134 valence electrons. The van der Waals surface area contributed by atoms with Crippen molar-refractivity contribution in [2.45, 2.75) is 46.7 Å². The van der Waals surface area contributed by atoms with Crippen LogP contribution in [0.15, 0.2) is 30.3 Å². The van der Waals surface area contributed by atoms with E-state index < -0.39 is 23.7 Å². The number of benzene rings is 2.